The number of hydrogen-bond acceptors (Lipinski definition) is 2. The molecule has 1 aromatic rings. The molecule has 1 fully saturated rings. The molecule has 2 rings (SSSR count). The molecule has 20 heavy (non-hydrogen) atoms. The van der Waals surface area contributed by atoms with E-state index in [1.165, 1.54) is 12.8 Å². The first-order valence-corrected chi connectivity index (χ1v) is 7.86. The van der Waals surface area contributed by atoms with Crippen LogP contribution in [-0.4, -0.2) is 29.6 Å². The van der Waals surface area contributed by atoms with Crippen LogP contribution in [-0.2, 0) is 6.42 Å². The van der Waals surface area contributed by atoms with Crippen LogP contribution in [0.15, 0.2) is 24.3 Å². The Morgan fingerprint density at radius 2 is 1.90 bits per heavy atom. The molecule has 0 heterocycles. The van der Waals surface area contributed by atoms with Crippen molar-refractivity contribution in [2.75, 3.05) is 6.54 Å². The van der Waals surface area contributed by atoms with E-state index in [9.17, 15) is 4.39 Å². The molecule has 112 valence electrons. The molecule has 0 radical (unpaired) electrons. The SMILES string of the molecule is CCN(C(C)Cc1ccccc1F)C1CCC(N)CC1. The Balaban J connectivity index is 1.98. The fourth-order valence-electron chi connectivity index (χ4n) is 3.46. The second-order valence-electron chi connectivity index (χ2n) is 6.04. The van der Waals surface area contributed by atoms with Gasteiger partial charge in [0.2, 0.25) is 0 Å². The smallest absolute Gasteiger partial charge is 0.126 e. The Kier molecular flexibility index (Phi) is 5.55. The van der Waals surface area contributed by atoms with Gasteiger partial charge in [0.05, 0.1) is 0 Å². The lowest BCUT2D eigenvalue weighted by Crippen LogP contribution is -2.46. The zero-order chi connectivity index (χ0) is 14.5. The zero-order valence-corrected chi connectivity index (χ0v) is 12.7. The van der Waals surface area contributed by atoms with E-state index in [0.29, 0.717) is 18.1 Å². The Morgan fingerprint density at radius 1 is 1.25 bits per heavy atom. The van der Waals surface area contributed by atoms with E-state index < -0.39 is 0 Å². The van der Waals surface area contributed by atoms with Crippen LogP contribution in [0.1, 0.15) is 45.1 Å². The number of hydrogen-bond donors (Lipinski definition) is 1. The number of halogens is 1. The van der Waals surface area contributed by atoms with Crippen LogP contribution in [0.5, 0.6) is 0 Å². The fourth-order valence-corrected chi connectivity index (χ4v) is 3.46. The molecule has 1 unspecified atom stereocenters. The summed E-state index contributed by atoms with van der Waals surface area (Å²) in [5.41, 5.74) is 6.81. The standard InChI is InChI=1S/C17H27FN2/c1-3-20(16-10-8-15(19)9-11-16)13(2)12-14-6-4-5-7-17(14)18/h4-7,13,15-16H,3,8-12,19H2,1-2H3. The molecule has 3 heteroatoms. The van der Waals surface area contributed by atoms with E-state index in [-0.39, 0.29) is 5.82 Å². The highest BCUT2D eigenvalue weighted by Gasteiger charge is 2.26. The van der Waals surface area contributed by atoms with Crippen molar-refractivity contribution in [1.82, 2.24) is 4.90 Å². The van der Waals surface area contributed by atoms with Crippen LogP contribution in [0.25, 0.3) is 0 Å². The van der Waals surface area contributed by atoms with E-state index in [0.717, 1.165) is 31.4 Å². The molecule has 0 spiro atoms. The summed E-state index contributed by atoms with van der Waals surface area (Å²) in [6.45, 7) is 5.44. The lowest BCUT2D eigenvalue weighted by molar-refractivity contribution is 0.113. The molecule has 0 bridgehead atoms. The predicted octanol–water partition coefficient (Wildman–Crippen LogP) is 3.35. The van der Waals surface area contributed by atoms with Gasteiger partial charge in [-0.25, -0.2) is 4.39 Å². The first kappa shape index (κ1) is 15.5. The Morgan fingerprint density at radius 3 is 2.50 bits per heavy atom. The summed E-state index contributed by atoms with van der Waals surface area (Å²) in [5.74, 6) is -0.0823. The summed E-state index contributed by atoms with van der Waals surface area (Å²) in [5, 5.41) is 0. The minimum atomic E-state index is -0.0823. The van der Waals surface area contributed by atoms with Crippen LogP contribution in [0.3, 0.4) is 0 Å². The van der Waals surface area contributed by atoms with Crippen LogP contribution in [0, 0.1) is 5.82 Å². The molecule has 0 saturated heterocycles. The van der Waals surface area contributed by atoms with Crippen molar-refractivity contribution in [1.29, 1.82) is 0 Å². The van der Waals surface area contributed by atoms with E-state index in [4.69, 9.17) is 5.73 Å². The van der Waals surface area contributed by atoms with Crippen molar-refractivity contribution in [3.8, 4) is 0 Å². The number of benzene rings is 1. The summed E-state index contributed by atoms with van der Waals surface area (Å²) >= 11 is 0. The topological polar surface area (TPSA) is 29.3 Å². The Labute approximate surface area is 122 Å². The summed E-state index contributed by atoms with van der Waals surface area (Å²) in [4.78, 5) is 2.53. The minimum Gasteiger partial charge on any atom is -0.328 e. The van der Waals surface area contributed by atoms with Gasteiger partial charge in [0.15, 0.2) is 0 Å². The number of rotatable bonds is 5. The second-order valence-corrected chi connectivity index (χ2v) is 6.04. The predicted molar refractivity (Wildman–Crippen MR) is 82.2 cm³/mol. The van der Waals surface area contributed by atoms with E-state index in [1.54, 1.807) is 12.1 Å². The van der Waals surface area contributed by atoms with Crippen LogP contribution in [0.4, 0.5) is 4.39 Å². The van der Waals surface area contributed by atoms with Gasteiger partial charge in [0, 0.05) is 18.1 Å². The highest BCUT2D eigenvalue weighted by Crippen LogP contribution is 2.25. The number of nitrogens with zero attached hydrogens (tertiary/aromatic N) is 1. The van der Waals surface area contributed by atoms with Gasteiger partial charge in [0.1, 0.15) is 5.82 Å². The highest BCUT2D eigenvalue weighted by molar-refractivity contribution is 5.18. The van der Waals surface area contributed by atoms with Gasteiger partial charge in [-0.3, -0.25) is 4.90 Å². The van der Waals surface area contributed by atoms with E-state index >= 15 is 0 Å². The van der Waals surface area contributed by atoms with Crippen molar-refractivity contribution in [3.05, 3.63) is 35.6 Å². The minimum absolute atomic E-state index is 0.0823. The number of likely N-dealkylation sites (N-methyl/N-ethyl adjacent to an activating group) is 1. The molecule has 0 aromatic heterocycles. The third-order valence-electron chi connectivity index (χ3n) is 4.61. The van der Waals surface area contributed by atoms with Crippen molar-refractivity contribution < 1.29 is 4.39 Å². The molecule has 1 saturated carbocycles. The van der Waals surface area contributed by atoms with E-state index in [1.807, 2.05) is 12.1 Å². The largest absolute Gasteiger partial charge is 0.328 e. The molecule has 2 nitrogen and oxygen atoms in total. The quantitative estimate of drug-likeness (QED) is 0.895. The maximum Gasteiger partial charge on any atom is 0.126 e. The maximum absolute atomic E-state index is 13.8. The fraction of sp³-hybridized carbons (Fsp3) is 0.647. The summed E-state index contributed by atoms with van der Waals surface area (Å²) in [6, 6.07) is 8.49. The molecule has 0 aliphatic heterocycles. The van der Waals surface area contributed by atoms with Gasteiger partial charge in [-0.15, -0.1) is 0 Å². The van der Waals surface area contributed by atoms with Crippen molar-refractivity contribution in [2.45, 2.75) is 64.1 Å². The van der Waals surface area contributed by atoms with Gasteiger partial charge in [-0.2, -0.15) is 0 Å². The lowest BCUT2D eigenvalue weighted by atomic mass is 9.89. The van der Waals surface area contributed by atoms with Gasteiger partial charge >= 0.3 is 0 Å². The number of nitrogens with two attached hydrogens (primary N) is 1. The average molecular weight is 278 g/mol. The zero-order valence-electron chi connectivity index (χ0n) is 12.7. The Bertz CT molecular complexity index is 413. The second kappa shape index (κ2) is 7.19. The first-order chi connectivity index (χ1) is 9.61. The van der Waals surface area contributed by atoms with Gasteiger partial charge in [0.25, 0.3) is 0 Å². The normalized spacial score (nSPS) is 24.9. The van der Waals surface area contributed by atoms with Gasteiger partial charge in [-0.1, -0.05) is 25.1 Å². The summed E-state index contributed by atoms with van der Waals surface area (Å²) < 4.78 is 13.8. The first-order valence-electron chi connectivity index (χ1n) is 7.86. The molecule has 1 atom stereocenters. The molecule has 1 aliphatic rings. The molecule has 1 aliphatic carbocycles. The van der Waals surface area contributed by atoms with Crippen molar-refractivity contribution in [2.24, 2.45) is 5.73 Å². The molecule has 0 amide bonds. The molecule has 2 N–H and O–H groups in total. The maximum atomic E-state index is 13.8. The van der Waals surface area contributed by atoms with Crippen LogP contribution >= 0.6 is 0 Å². The lowest BCUT2D eigenvalue weighted by Gasteiger charge is -2.39. The monoisotopic (exact) mass is 278 g/mol. The van der Waals surface area contributed by atoms with Gasteiger partial charge in [-0.05, 0) is 57.2 Å². The summed E-state index contributed by atoms with van der Waals surface area (Å²) in [7, 11) is 0. The molecular formula is C17H27FN2. The highest BCUT2D eigenvalue weighted by atomic mass is 19.1. The van der Waals surface area contributed by atoms with Gasteiger partial charge < -0.3 is 5.73 Å². The van der Waals surface area contributed by atoms with E-state index in [2.05, 4.69) is 18.7 Å². The average Bonchev–Trinajstić information content (AvgIpc) is 2.44. The molecular weight excluding hydrogens is 251 g/mol. The van der Waals surface area contributed by atoms with Crippen LogP contribution in [0.2, 0.25) is 0 Å². The van der Waals surface area contributed by atoms with Crippen LogP contribution < -0.4 is 5.73 Å². The third kappa shape index (κ3) is 3.80. The molecule has 1 aromatic carbocycles. The summed E-state index contributed by atoms with van der Waals surface area (Å²) in [6.07, 6.45) is 5.37. The van der Waals surface area contributed by atoms with Crippen molar-refractivity contribution >= 4 is 0 Å². The van der Waals surface area contributed by atoms with Crippen molar-refractivity contribution in [3.63, 3.8) is 0 Å². The third-order valence-corrected chi connectivity index (χ3v) is 4.61. The Hall–Kier alpha value is -0.930.